The van der Waals surface area contributed by atoms with Crippen molar-refractivity contribution in [3.63, 3.8) is 0 Å². The van der Waals surface area contributed by atoms with Crippen LogP contribution in [0.15, 0.2) is 18.2 Å². The second kappa shape index (κ2) is 8.47. The van der Waals surface area contributed by atoms with Gasteiger partial charge in [-0.1, -0.05) is 38.3 Å². The summed E-state index contributed by atoms with van der Waals surface area (Å²) < 4.78 is 19.2. The molecular formula is C22H33FO. The smallest absolute Gasteiger partial charge is 0.129 e. The molecule has 2 heteroatoms. The predicted octanol–water partition coefficient (Wildman–Crippen LogP) is 6.46. The van der Waals surface area contributed by atoms with Crippen LogP contribution in [0.5, 0.6) is 0 Å². The lowest BCUT2D eigenvalue weighted by molar-refractivity contribution is 0.158. The van der Waals surface area contributed by atoms with Crippen molar-refractivity contribution in [3.05, 3.63) is 35.1 Å². The summed E-state index contributed by atoms with van der Waals surface area (Å²) in [6.07, 6.45) is 12.3. The molecule has 0 bridgehead atoms. The van der Waals surface area contributed by atoms with Gasteiger partial charge in [-0.05, 0) is 73.8 Å². The van der Waals surface area contributed by atoms with Crippen LogP contribution in [0.1, 0.15) is 81.8 Å². The van der Waals surface area contributed by atoms with Crippen LogP contribution in [0.3, 0.4) is 0 Å². The molecule has 1 aromatic carbocycles. The van der Waals surface area contributed by atoms with Gasteiger partial charge >= 0.3 is 0 Å². The van der Waals surface area contributed by atoms with E-state index in [0.717, 1.165) is 17.8 Å². The lowest BCUT2D eigenvalue weighted by atomic mass is 9.68. The Hall–Kier alpha value is -0.890. The molecule has 0 saturated heterocycles. The van der Waals surface area contributed by atoms with Crippen molar-refractivity contribution in [3.8, 4) is 0 Å². The van der Waals surface area contributed by atoms with Gasteiger partial charge in [-0.2, -0.15) is 0 Å². The minimum Gasteiger partial charge on any atom is -0.380 e. The average molecular weight is 333 g/mol. The Balaban J connectivity index is 1.52. The monoisotopic (exact) mass is 332 g/mol. The molecule has 0 N–H and O–H groups in total. The van der Waals surface area contributed by atoms with E-state index in [2.05, 4.69) is 13.0 Å². The first kappa shape index (κ1) is 17.9. The van der Waals surface area contributed by atoms with Gasteiger partial charge in [0, 0.05) is 12.7 Å². The highest BCUT2D eigenvalue weighted by Crippen LogP contribution is 2.44. The molecular weight excluding hydrogens is 299 g/mol. The van der Waals surface area contributed by atoms with E-state index >= 15 is 0 Å². The highest BCUT2D eigenvalue weighted by atomic mass is 19.1. The molecule has 2 aliphatic rings. The second-order valence-electron chi connectivity index (χ2n) is 8.08. The van der Waals surface area contributed by atoms with Gasteiger partial charge in [-0.25, -0.2) is 4.39 Å². The van der Waals surface area contributed by atoms with E-state index in [1.54, 1.807) is 13.2 Å². The molecule has 134 valence electrons. The first-order chi connectivity index (χ1) is 11.7. The van der Waals surface area contributed by atoms with Crippen LogP contribution in [0, 0.1) is 23.6 Å². The number of ether oxygens (including phenoxy) is 1. The normalized spacial score (nSPS) is 31.1. The number of hydrogen-bond donors (Lipinski definition) is 0. The van der Waals surface area contributed by atoms with Gasteiger partial charge in [0.15, 0.2) is 0 Å². The van der Waals surface area contributed by atoms with E-state index < -0.39 is 0 Å². The van der Waals surface area contributed by atoms with E-state index in [-0.39, 0.29) is 5.82 Å². The third-order valence-electron chi connectivity index (χ3n) is 6.76. The molecule has 0 radical (unpaired) electrons. The Morgan fingerprint density at radius 3 is 2.12 bits per heavy atom. The van der Waals surface area contributed by atoms with E-state index in [1.165, 1.54) is 63.4 Å². The SMILES string of the molecule is CC[C@H]1CC[C@H]([C@H]2CC[C@H](c3ccc(COC)c(F)c3)CC2)CC1. The number of methoxy groups -OCH3 is 1. The zero-order valence-electron chi connectivity index (χ0n) is 15.4. The average Bonchev–Trinajstić information content (AvgIpc) is 2.64. The van der Waals surface area contributed by atoms with Crippen molar-refractivity contribution in [1.29, 1.82) is 0 Å². The molecule has 0 heterocycles. The van der Waals surface area contributed by atoms with Crippen LogP contribution in [0.25, 0.3) is 0 Å². The summed E-state index contributed by atoms with van der Waals surface area (Å²) in [6, 6.07) is 5.78. The Bertz CT molecular complexity index is 511. The molecule has 0 atom stereocenters. The number of rotatable bonds is 5. The standard InChI is InChI=1S/C22H33FO/c1-3-16-4-6-17(7-5-16)18-8-10-19(11-9-18)20-12-13-21(15-24-2)22(23)14-20/h12-14,16-19H,3-11,15H2,1-2H3/t16-,17-,18-,19-. The van der Waals surface area contributed by atoms with Gasteiger partial charge in [0.2, 0.25) is 0 Å². The van der Waals surface area contributed by atoms with Crippen LogP contribution in [0.2, 0.25) is 0 Å². The Morgan fingerprint density at radius 1 is 0.958 bits per heavy atom. The summed E-state index contributed by atoms with van der Waals surface area (Å²) in [6.45, 7) is 2.70. The van der Waals surface area contributed by atoms with Crippen molar-refractivity contribution in [2.45, 2.75) is 77.2 Å². The fourth-order valence-electron chi connectivity index (χ4n) is 5.08. The van der Waals surface area contributed by atoms with Crippen molar-refractivity contribution in [2.75, 3.05) is 7.11 Å². The summed E-state index contributed by atoms with van der Waals surface area (Å²) in [5.74, 6) is 3.34. The molecule has 1 aromatic rings. The molecule has 2 saturated carbocycles. The Kier molecular flexibility index (Phi) is 6.32. The summed E-state index contributed by atoms with van der Waals surface area (Å²) in [4.78, 5) is 0. The largest absolute Gasteiger partial charge is 0.380 e. The maximum absolute atomic E-state index is 14.1. The number of halogens is 1. The molecule has 2 fully saturated rings. The van der Waals surface area contributed by atoms with Crippen LogP contribution in [-0.2, 0) is 11.3 Å². The molecule has 0 spiro atoms. The van der Waals surface area contributed by atoms with Crippen LogP contribution in [-0.4, -0.2) is 7.11 Å². The summed E-state index contributed by atoms with van der Waals surface area (Å²) >= 11 is 0. The van der Waals surface area contributed by atoms with Gasteiger partial charge in [-0.15, -0.1) is 0 Å². The topological polar surface area (TPSA) is 9.23 Å². The zero-order valence-corrected chi connectivity index (χ0v) is 15.4. The minimum atomic E-state index is -0.102. The van der Waals surface area contributed by atoms with Crippen molar-refractivity contribution in [2.24, 2.45) is 17.8 Å². The number of benzene rings is 1. The molecule has 0 aromatic heterocycles. The number of hydrogen-bond acceptors (Lipinski definition) is 1. The maximum Gasteiger partial charge on any atom is 0.129 e. The van der Waals surface area contributed by atoms with Crippen molar-refractivity contribution < 1.29 is 9.13 Å². The van der Waals surface area contributed by atoms with Crippen LogP contribution >= 0.6 is 0 Å². The van der Waals surface area contributed by atoms with Gasteiger partial charge in [0.1, 0.15) is 5.82 Å². The first-order valence-corrected chi connectivity index (χ1v) is 9.98. The molecule has 3 rings (SSSR count). The highest BCUT2D eigenvalue weighted by molar-refractivity contribution is 5.27. The molecule has 0 unspecified atom stereocenters. The molecule has 0 amide bonds. The van der Waals surface area contributed by atoms with Crippen LogP contribution < -0.4 is 0 Å². The van der Waals surface area contributed by atoms with E-state index in [0.29, 0.717) is 18.1 Å². The minimum absolute atomic E-state index is 0.102. The van der Waals surface area contributed by atoms with Gasteiger partial charge < -0.3 is 4.74 Å². The summed E-state index contributed by atoms with van der Waals surface area (Å²) in [5.41, 5.74) is 1.86. The Morgan fingerprint density at radius 2 is 1.58 bits per heavy atom. The van der Waals surface area contributed by atoms with Gasteiger partial charge in [0.25, 0.3) is 0 Å². The third-order valence-corrected chi connectivity index (χ3v) is 6.76. The fourth-order valence-corrected chi connectivity index (χ4v) is 5.08. The molecule has 0 aliphatic heterocycles. The lowest BCUT2D eigenvalue weighted by Crippen LogP contribution is -2.25. The van der Waals surface area contributed by atoms with E-state index in [1.807, 2.05) is 6.07 Å². The molecule has 2 aliphatic carbocycles. The molecule has 1 nitrogen and oxygen atoms in total. The first-order valence-electron chi connectivity index (χ1n) is 9.98. The molecule has 24 heavy (non-hydrogen) atoms. The maximum atomic E-state index is 14.1. The second-order valence-corrected chi connectivity index (χ2v) is 8.08. The van der Waals surface area contributed by atoms with E-state index in [4.69, 9.17) is 4.74 Å². The Labute approximate surface area is 147 Å². The van der Waals surface area contributed by atoms with Crippen LogP contribution in [0.4, 0.5) is 4.39 Å². The quantitative estimate of drug-likeness (QED) is 0.601. The van der Waals surface area contributed by atoms with Gasteiger partial charge in [-0.3, -0.25) is 0 Å². The summed E-state index contributed by atoms with van der Waals surface area (Å²) in [5, 5.41) is 0. The third kappa shape index (κ3) is 4.20. The van der Waals surface area contributed by atoms with E-state index in [9.17, 15) is 4.39 Å². The van der Waals surface area contributed by atoms with Crippen molar-refractivity contribution in [1.82, 2.24) is 0 Å². The fraction of sp³-hybridized carbons (Fsp3) is 0.727. The highest BCUT2D eigenvalue weighted by Gasteiger charge is 2.31. The van der Waals surface area contributed by atoms with Gasteiger partial charge in [0.05, 0.1) is 6.61 Å². The lowest BCUT2D eigenvalue weighted by Gasteiger charge is -2.38. The van der Waals surface area contributed by atoms with Crippen molar-refractivity contribution >= 4 is 0 Å². The zero-order chi connectivity index (χ0) is 16.9. The predicted molar refractivity (Wildman–Crippen MR) is 97.6 cm³/mol. The summed E-state index contributed by atoms with van der Waals surface area (Å²) in [7, 11) is 1.61.